The van der Waals surface area contributed by atoms with Gasteiger partial charge in [0.25, 0.3) is 10.0 Å². The van der Waals surface area contributed by atoms with Gasteiger partial charge in [0.2, 0.25) is 11.8 Å². The molecule has 0 unspecified atom stereocenters. The van der Waals surface area contributed by atoms with Crippen LogP contribution in [-0.2, 0) is 26.2 Å². The van der Waals surface area contributed by atoms with Crippen LogP contribution < -0.4 is 14.4 Å². The quantitative estimate of drug-likeness (QED) is 0.366. The number of nitrogens with one attached hydrogen (secondary N) is 1. The Hall–Kier alpha value is -3.85. The van der Waals surface area contributed by atoms with Gasteiger partial charge in [0.05, 0.1) is 17.7 Å². The zero-order chi connectivity index (χ0) is 28.7. The molecule has 0 spiro atoms. The number of carbonyl (C=O) groups is 2. The van der Waals surface area contributed by atoms with Crippen LogP contribution in [0.5, 0.6) is 5.75 Å². The molecular weight excluding hydrogens is 526 g/mol. The summed E-state index contributed by atoms with van der Waals surface area (Å²) < 4.78 is 34.3. The van der Waals surface area contributed by atoms with Gasteiger partial charge < -0.3 is 15.0 Å². The number of hydrogen-bond acceptors (Lipinski definition) is 5. The molecule has 1 aliphatic rings. The van der Waals surface area contributed by atoms with E-state index in [1.165, 1.54) is 24.1 Å². The number of hydrogen-bond donors (Lipinski definition) is 1. The Balaban J connectivity index is 1.68. The van der Waals surface area contributed by atoms with Crippen LogP contribution in [0.15, 0.2) is 83.8 Å². The fourth-order valence-corrected chi connectivity index (χ4v) is 6.29. The van der Waals surface area contributed by atoms with Crippen molar-refractivity contribution in [1.29, 1.82) is 0 Å². The molecule has 3 aromatic carbocycles. The topological polar surface area (TPSA) is 96.0 Å². The highest BCUT2D eigenvalue weighted by molar-refractivity contribution is 7.92. The van der Waals surface area contributed by atoms with E-state index in [1.807, 2.05) is 37.3 Å². The number of anilines is 1. The Morgan fingerprint density at radius 3 is 2.30 bits per heavy atom. The Kier molecular flexibility index (Phi) is 9.47. The summed E-state index contributed by atoms with van der Waals surface area (Å²) in [6.07, 6.45) is 3.98. The lowest BCUT2D eigenvalue weighted by Crippen LogP contribution is -2.52. The summed E-state index contributed by atoms with van der Waals surface area (Å²) >= 11 is 0. The van der Waals surface area contributed by atoms with E-state index < -0.39 is 28.5 Å². The van der Waals surface area contributed by atoms with Gasteiger partial charge in [-0.2, -0.15) is 0 Å². The molecule has 1 fully saturated rings. The molecule has 0 radical (unpaired) electrons. The summed E-state index contributed by atoms with van der Waals surface area (Å²) in [5.74, 6) is -0.276. The number of benzene rings is 3. The molecule has 0 aliphatic heterocycles. The molecule has 1 atom stereocenters. The van der Waals surface area contributed by atoms with Gasteiger partial charge in [-0.3, -0.25) is 13.9 Å². The number of sulfonamides is 1. The van der Waals surface area contributed by atoms with Crippen LogP contribution in [-0.4, -0.2) is 50.9 Å². The predicted molar refractivity (Wildman–Crippen MR) is 156 cm³/mol. The number of ether oxygens (including phenoxy) is 1. The second-order valence-corrected chi connectivity index (χ2v) is 12.1. The molecule has 4 rings (SSSR count). The van der Waals surface area contributed by atoms with Gasteiger partial charge in [-0.25, -0.2) is 8.42 Å². The first kappa shape index (κ1) is 29.1. The van der Waals surface area contributed by atoms with Crippen molar-refractivity contribution in [1.82, 2.24) is 10.2 Å². The number of methoxy groups -OCH3 is 1. The second-order valence-electron chi connectivity index (χ2n) is 10.2. The van der Waals surface area contributed by atoms with Crippen LogP contribution >= 0.6 is 0 Å². The summed E-state index contributed by atoms with van der Waals surface area (Å²) in [6.45, 7) is 3.24. The fourth-order valence-electron chi connectivity index (χ4n) is 4.89. The van der Waals surface area contributed by atoms with Crippen molar-refractivity contribution in [2.45, 2.75) is 63.1 Å². The van der Waals surface area contributed by atoms with Crippen LogP contribution in [0.1, 0.15) is 43.7 Å². The molecule has 8 nitrogen and oxygen atoms in total. The highest BCUT2D eigenvalue weighted by Gasteiger charge is 2.33. The summed E-state index contributed by atoms with van der Waals surface area (Å²) in [5.41, 5.74) is 2.04. The highest BCUT2D eigenvalue weighted by atomic mass is 32.2. The molecule has 1 aliphatic carbocycles. The highest BCUT2D eigenvalue weighted by Crippen LogP contribution is 2.28. The van der Waals surface area contributed by atoms with E-state index in [-0.39, 0.29) is 29.1 Å². The summed E-state index contributed by atoms with van der Waals surface area (Å²) in [5, 5.41) is 3.08. The standard InChI is InChI=1S/C31H37N3O5S/c1-23-16-18-29(19-17-23)40(37,38)34(27-14-9-15-28(20-27)39-3)22-30(35)33(21-25-10-5-4-6-11-25)24(2)31(36)32-26-12-7-8-13-26/h4-6,9-11,14-20,24,26H,7-8,12-13,21-22H2,1-3H3,(H,32,36)/t24-/m1/s1. The van der Waals surface area contributed by atoms with Crippen LogP contribution in [0.25, 0.3) is 0 Å². The van der Waals surface area contributed by atoms with Crippen molar-refractivity contribution < 1.29 is 22.7 Å². The van der Waals surface area contributed by atoms with Crippen molar-refractivity contribution in [3.8, 4) is 5.75 Å². The van der Waals surface area contributed by atoms with Crippen LogP contribution in [0.3, 0.4) is 0 Å². The van der Waals surface area contributed by atoms with E-state index in [9.17, 15) is 18.0 Å². The molecule has 0 bridgehead atoms. The van der Waals surface area contributed by atoms with Crippen molar-refractivity contribution in [3.63, 3.8) is 0 Å². The van der Waals surface area contributed by atoms with Crippen LogP contribution in [0.2, 0.25) is 0 Å². The Morgan fingerprint density at radius 1 is 0.975 bits per heavy atom. The first-order valence-corrected chi connectivity index (χ1v) is 15.0. The lowest BCUT2D eigenvalue weighted by atomic mass is 10.1. The van der Waals surface area contributed by atoms with Gasteiger partial charge in [-0.1, -0.05) is 66.9 Å². The monoisotopic (exact) mass is 563 g/mol. The lowest BCUT2D eigenvalue weighted by Gasteiger charge is -2.32. The van der Waals surface area contributed by atoms with E-state index in [4.69, 9.17) is 4.74 Å². The third kappa shape index (κ3) is 7.01. The Labute approximate surface area is 237 Å². The first-order chi connectivity index (χ1) is 19.2. The minimum absolute atomic E-state index is 0.0651. The van der Waals surface area contributed by atoms with E-state index >= 15 is 0 Å². The zero-order valence-electron chi connectivity index (χ0n) is 23.2. The largest absolute Gasteiger partial charge is 0.497 e. The van der Waals surface area contributed by atoms with Crippen molar-refractivity contribution in [2.24, 2.45) is 0 Å². The Bertz CT molecular complexity index is 1400. The third-order valence-electron chi connectivity index (χ3n) is 7.29. The maximum absolute atomic E-state index is 14.0. The van der Waals surface area contributed by atoms with E-state index in [0.717, 1.165) is 41.1 Å². The van der Waals surface area contributed by atoms with Crippen LogP contribution in [0.4, 0.5) is 5.69 Å². The SMILES string of the molecule is COc1cccc(N(CC(=O)N(Cc2ccccc2)[C@H](C)C(=O)NC2CCCC2)S(=O)(=O)c2ccc(C)cc2)c1. The van der Waals surface area contributed by atoms with E-state index in [2.05, 4.69) is 5.32 Å². The summed E-state index contributed by atoms with van der Waals surface area (Å²) in [4.78, 5) is 28.8. The molecule has 1 N–H and O–H groups in total. The third-order valence-corrected chi connectivity index (χ3v) is 9.08. The molecule has 40 heavy (non-hydrogen) atoms. The minimum atomic E-state index is -4.13. The van der Waals surface area contributed by atoms with Gasteiger partial charge in [0.15, 0.2) is 0 Å². The van der Waals surface area contributed by atoms with Gasteiger partial charge in [-0.15, -0.1) is 0 Å². The average Bonchev–Trinajstić information content (AvgIpc) is 3.48. The summed E-state index contributed by atoms with van der Waals surface area (Å²) in [7, 11) is -2.64. The molecule has 0 saturated heterocycles. The van der Waals surface area contributed by atoms with Gasteiger partial charge in [-0.05, 0) is 56.5 Å². The Morgan fingerprint density at radius 2 is 1.65 bits per heavy atom. The molecular formula is C31H37N3O5S. The molecule has 0 heterocycles. The molecule has 212 valence electrons. The smallest absolute Gasteiger partial charge is 0.264 e. The number of nitrogens with zero attached hydrogens (tertiary/aromatic N) is 2. The average molecular weight is 564 g/mol. The number of amides is 2. The number of carbonyl (C=O) groups excluding carboxylic acids is 2. The molecule has 9 heteroatoms. The first-order valence-electron chi connectivity index (χ1n) is 13.6. The zero-order valence-corrected chi connectivity index (χ0v) is 24.1. The number of aryl methyl sites for hydroxylation is 1. The maximum atomic E-state index is 14.0. The van der Waals surface area contributed by atoms with Crippen molar-refractivity contribution in [2.75, 3.05) is 18.0 Å². The van der Waals surface area contributed by atoms with Gasteiger partial charge in [0, 0.05) is 18.7 Å². The molecule has 2 amide bonds. The van der Waals surface area contributed by atoms with Crippen molar-refractivity contribution in [3.05, 3.63) is 90.0 Å². The molecule has 3 aromatic rings. The fraction of sp³-hybridized carbons (Fsp3) is 0.355. The minimum Gasteiger partial charge on any atom is -0.497 e. The maximum Gasteiger partial charge on any atom is 0.264 e. The molecule has 1 saturated carbocycles. The van der Waals surface area contributed by atoms with Crippen molar-refractivity contribution >= 4 is 27.5 Å². The number of rotatable bonds is 11. The second kappa shape index (κ2) is 13.0. The predicted octanol–water partition coefficient (Wildman–Crippen LogP) is 4.68. The van der Waals surface area contributed by atoms with Gasteiger partial charge >= 0.3 is 0 Å². The lowest BCUT2D eigenvalue weighted by molar-refractivity contribution is -0.139. The molecule has 0 aromatic heterocycles. The summed E-state index contributed by atoms with van der Waals surface area (Å²) in [6, 6.07) is 21.7. The van der Waals surface area contributed by atoms with Crippen LogP contribution in [0, 0.1) is 6.92 Å². The van der Waals surface area contributed by atoms with E-state index in [1.54, 1.807) is 43.3 Å². The normalized spacial score (nSPS) is 14.4. The van der Waals surface area contributed by atoms with E-state index in [0.29, 0.717) is 5.75 Å². The van der Waals surface area contributed by atoms with Gasteiger partial charge in [0.1, 0.15) is 18.3 Å².